The van der Waals surface area contributed by atoms with E-state index in [-0.39, 0.29) is 11.9 Å². The van der Waals surface area contributed by atoms with Crippen LogP contribution >= 0.6 is 0 Å². The fraction of sp³-hybridized carbons (Fsp3) is 0.462. The Bertz CT molecular complexity index is 1110. The minimum absolute atomic E-state index is 0.0596. The number of methoxy groups -OCH3 is 1. The van der Waals surface area contributed by atoms with Gasteiger partial charge in [0.2, 0.25) is 0 Å². The number of morpholine rings is 1. The van der Waals surface area contributed by atoms with Crippen LogP contribution in [0, 0.1) is 0 Å². The minimum Gasteiger partial charge on any atom is -0.457 e. The van der Waals surface area contributed by atoms with Crippen LogP contribution in [0.1, 0.15) is 24.8 Å². The lowest BCUT2D eigenvalue weighted by Gasteiger charge is -2.30. The van der Waals surface area contributed by atoms with Gasteiger partial charge in [-0.1, -0.05) is 18.2 Å². The minimum atomic E-state index is -0.428. The number of ether oxygens (including phenoxy) is 3. The molecule has 1 aliphatic heterocycles. The van der Waals surface area contributed by atoms with Crippen molar-refractivity contribution in [2.75, 3.05) is 33.4 Å². The number of fused-ring (bicyclic) bond motifs is 1. The third-order valence-corrected chi connectivity index (χ3v) is 6.33. The highest BCUT2D eigenvalue weighted by Crippen LogP contribution is 2.36. The predicted molar refractivity (Wildman–Crippen MR) is 129 cm³/mol. The van der Waals surface area contributed by atoms with Gasteiger partial charge in [0.15, 0.2) is 0 Å². The zero-order valence-corrected chi connectivity index (χ0v) is 19.6. The number of benzene rings is 1. The maximum absolute atomic E-state index is 13.4. The van der Waals surface area contributed by atoms with E-state index in [2.05, 4.69) is 21.1 Å². The van der Waals surface area contributed by atoms with Gasteiger partial charge in [0.25, 0.3) is 5.91 Å². The summed E-state index contributed by atoms with van der Waals surface area (Å²) in [5, 5.41) is 4.22. The van der Waals surface area contributed by atoms with Crippen molar-refractivity contribution in [2.45, 2.75) is 44.5 Å². The first-order valence-corrected chi connectivity index (χ1v) is 12.1. The van der Waals surface area contributed by atoms with Gasteiger partial charge in [-0.2, -0.15) is 0 Å². The quantitative estimate of drug-likeness (QED) is 0.464. The van der Waals surface area contributed by atoms with Crippen LogP contribution in [-0.2, 0) is 27.4 Å². The highest BCUT2D eigenvalue weighted by atomic mass is 16.5. The monoisotopic (exact) mass is 464 g/mol. The molecule has 2 fully saturated rings. The van der Waals surface area contributed by atoms with Gasteiger partial charge in [0, 0.05) is 63.9 Å². The summed E-state index contributed by atoms with van der Waals surface area (Å²) in [6.07, 6.45) is 6.41. The number of nitrogens with zero attached hydrogens (tertiary/aromatic N) is 3. The summed E-state index contributed by atoms with van der Waals surface area (Å²) >= 11 is 0. The number of para-hydroxylation sites is 1. The summed E-state index contributed by atoms with van der Waals surface area (Å²) in [5.74, 6) is 1.57. The van der Waals surface area contributed by atoms with Crippen molar-refractivity contribution in [3.05, 3.63) is 54.4 Å². The Morgan fingerprint density at radius 1 is 1.26 bits per heavy atom. The first-order chi connectivity index (χ1) is 16.7. The molecule has 1 aliphatic carbocycles. The normalized spacial score (nSPS) is 18.2. The van der Waals surface area contributed by atoms with E-state index in [1.807, 2.05) is 41.3 Å². The summed E-state index contributed by atoms with van der Waals surface area (Å²) in [7, 11) is 1.71. The van der Waals surface area contributed by atoms with E-state index in [4.69, 9.17) is 14.2 Å². The topological polar surface area (TPSA) is 77.9 Å². The number of hydrogen-bond donors (Lipinski definition) is 1. The predicted octanol–water partition coefficient (Wildman–Crippen LogP) is 3.34. The third kappa shape index (κ3) is 5.09. The average molecular weight is 465 g/mol. The third-order valence-electron chi connectivity index (χ3n) is 6.33. The molecule has 1 N–H and O–H groups in total. The second-order valence-corrected chi connectivity index (χ2v) is 8.88. The molecule has 180 valence electrons. The van der Waals surface area contributed by atoms with E-state index in [0.717, 1.165) is 60.4 Å². The van der Waals surface area contributed by atoms with Crippen molar-refractivity contribution in [1.82, 2.24) is 19.8 Å². The van der Waals surface area contributed by atoms with Crippen LogP contribution in [0.3, 0.4) is 0 Å². The Kier molecular flexibility index (Phi) is 7.08. The van der Waals surface area contributed by atoms with Crippen LogP contribution in [0.15, 0.2) is 48.8 Å². The highest BCUT2D eigenvalue weighted by Gasteiger charge is 2.37. The van der Waals surface area contributed by atoms with Gasteiger partial charge < -0.3 is 29.0 Å². The van der Waals surface area contributed by atoms with Crippen LogP contribution in [0.25, 0.3) is 11.0 Å². The summed E-state index contributed by atoms with van der Waals surface area (Å²) in [4.78, 5) is 20.1. The number of rotatable bonds is 10. The molecule has 0 bridgehead atoms. The Labute approximate surface area is 199 Å². The van der Waals surface area contributed by atoms with Gasteiger partial charge in [-0.05, 0) is 37.5 Å². The van der Waals surface area contributed by atoms with Crippen LogP contribution in [0.5, 0.6) is 11.5 Å². The fourth-order valence-corrected chi connectivity index (χ4v) is 4.50. The van der Waals surface area contributed by atoms with Gasteiger partial charge in [0.1, 0.15) is 23.3 Å². The molecular weight excluding hydrogens is 432 g/mol. The molecular formula is C26H32N4O4. The molecule has 0 spiro atoms. The Morgan fingerprint density at radius 2 is 2.12 bits per heavy atom. The molecule has 0 radical (unpaired) electrons. The number of carbonyl (C=O) groups excluding carboxylic acids is 1. The molecule has 34 heavy (non-hydrogen) atoms. The Balaban J connectivity index is 1.49. The van der Waals surface area contributed by atoms with Crippen molar-refractivity contribution < 1.29 is 19.0 Å². The molecule has 1 saturated carbocycles. The van der Waals surface area contributed by atoms with Crippen molar-refractivity contribution in [3.63, 3.8) is 0 Å². The number of pyridine rings is 1. The molecule has 1 unspecified atom stereocenters. The molecule has 1 amide bonds. The molecule has 8 nitrogen and oxygen atoms in total. The first kappa shape index (κ1) is 22.8. The van der Waals surface area contributed by atoms with Gasteiger partial charge in [0.05, 0.1) is 12.0 Å². The van der Waals surface area contributed by atoms with Gasteiger partial charge >= 0.3 is 0 Å². The molecule has 3 heterocycles. The van der Waals surface area contributed by atoms with E-state index >= 15 is 0 Å². The summed E-state index contributed by atoms with van der Waals surface area (Å²) in [5.41, 5.74) is 1.90. The Hall–Kier alpha value is -2.94. The molecule has 8 heteroatoms. The second-order valence-electron chi connectivity index (χ2n) is 8.88. The van der Waals surface area contributed by atoms with Crippen LogP contribution in [-0.4, -0.2) is 65.9 Å². The fourth-order valence-electron chi connectivity index (χ4n) is 4.50. The van der Waals surface area contributed by atoms with Crippen molar-refractivity contribution in [1.29, 1.82) is 0 Å². The van der Waals surface area contributed by atoms with E-state index < -0.39 is 6.10 Å². The van der Waals surface area contributed by atoms with Crippen LogP contribution in [0.2, 0.25) is 0 Å². The highest BCUT2D eigenvalue weighted by molar-refractivity contribution is 5.88. The largest absolute Gasteiger partial charge is 0.457 e. The maximum Gasteiger partial charge on any atom is 0.253 e. The lowest BCUT2D eigenvalue weighted by atomic mass is 10.1. The number of carbonyl (C=O) groups is 1. The van der Waals surface area contributed by atoms with Gasteiger partial charge in [-0.15, -0.1) is 0 Å². The maximum atomic E-state index is 13.4. The summed E-state index contributed by atoms with van der Waals surface area (Å²) < 4.78 is 19.5. The number of hydrogen-bond acceptors (Lipinski definition) is 6. The average Bonchev–Trinajstić information content (AvgIpc) is 3.66. The Morgan fingerprint density at radius 3 is 2.85 bits per heavy atom. The van der Waals surface area contributed by atoms with E-state index in [1.165, 1.54) is 0 Å². The lowest BCUT2D eigenvalue weighted by molar-refractivity contribution is -0.146. The molecule has 1 atom stereocenters. The summed E-state index contributed by atoms with van der Waals surface area (Å²) in [6.45, 7) is 3.87. The molecule has 5 rings (SSSR count). The van der Waals surface area contributed by atoms with Crippen molar-refractivity contribution in [3.8, 4) is 11.5 Å². The van der Waals surface area contributed by atoms with Crippen molar-refractivity contribution >= 4 is 16.9 Å². The number of aryl methyl sites for hydroxylation is 1. The lowest BCUT2D eigenvalue weighted by Crippen LogP contribution is -2.49. The van der Waals surface area contributed by atoms with Crippen LogP contribution in [0.4, 0.5) is 0 Å². The standard InChI is InChI=1S/C26H32N4O4/c1-32-14-5-13-29-17-19(18-30(20-8-9-20)26(31)23-16-27-12-15-33-23)24-22(10-11-28-25(24)29)34-21-6-3-2-4-7-21/h2-4,6-7,10-11,17,20,23,27H,5,8-9,12-16,18H2,1H3. The number of aromatic nitrogens is 2. The number of nitrogens with one attached hydrogen (secondary N) is 1. The SMILES string of the molecule is COCCCn1cc(CN(C(=O)C2CNCCO2)C2CC2)c2c(Oc3ccccc3)ccnc21. The van der Waals surface area contributed by atoms with Gasteiger partial charge in [-0.3, -0.25) is 4.79 Å². The molecule has 1 saturated heterocycles. The molecule has 1 aromatic carbocycles. The zero-order chi connectivity index (χ0) is 23.3. The number of amides is 1. The van der Waals surface area contributed by atoms with Crippen molar-refractivity contribution in [2.24, 2.45) is 0 Å². The second kappa shape index (κ2) is 10.5. The van der Waals surface area contributed by atoms with Crippen LogP contribution < -0.4 is 10.1 Å². The molecule has 2 aromatic heterocycles. The first-order valence-electron chi connectivity index (χ1n) is 12.1. The van der Waals surface area contributed by atoms with Gasteiger partial charge in [-0.25, -0.2) is 4.98 Å². The van der Waals surface area contributed by atoms with E-state index in [9.17, 15) is 4.79 Å². The summed E-state index contributed by atoms with van der Waals surface area (Å²) in [6, 6.07) is 11.9. The van der Waals surface area contributed by atoms with E-state index in [1.54, 1.807) is 13.3 Å². The zero-order valence-electron chi connectivity index (χ0n) is 19.6. The smallest absolute Gasteiger partial charge is 0.253 e. The van der Waals surface area contributed by atoms with E-state index in [0.29, 0.717) is 26.3 Å². The molecule has 2 aliphatic rings. The molecule has 3 aromatic rings.